The number of carboxylic acid groups (broad SMARTS) is 1. The first-order valence-electron chi connectivity index (χ1n) is 7.28. The lowest BCUT2D eigenvalue weighted by Crippen LogP contribution is -2.41. The third-order valence-electron chi connectivity index (χ3n) is 4.95. The summed E-state index contributed by atoms with van der Waals surface area (Å²) >= 11 is 0. The highest BCUT2D eigenvalue weighted by Crippen LogP contribution is 2.48. The molecule has 21 heavy (non-hydrogen) atoms. The summed E-state index contributed by atoms with van der Waals surface area (Å²) in [5.74, 6) is -0.664. The van der Waals surface area contributed by atoms with Gasteiger partial charge in [-0.1, -0.05) is 6.42 Å². The average molecular weight is 292 g/mol. The summed E-state index contributed by atoms with van der Waals surface area (Å²) in [6, 6.07) is -0.189. The second-order valence-electron chi connectivity index (χ2n) is 6.11. The summed E-state index contributed by atoms with van der Waals surface area (Å²) in [7, 11) is 0. The standard InChI is InChI=1S/C14H20N4O3/c1-9-10(6-16-17-9)5-15-13(21)18-7-11-3-2-4-14(11,8-18)12(19)20/h6,11H,2-5,7-8H2,1H3,(H,15,21)(H,16,17)(H,19,20)/t11-,14+/m0/s1. The van der Waals surface area contributed by atoms with Crippen LogP contribution in [0.25, 0.3) is 0 Å². The van der Waals surface area contributed by atoms with Crippen molar-refractivity contribution in [2.45, 2.75) is 32.7 Å². The molecule has 7 heteroatoms. The molecule has 2 fully saturated rings. The van der Waals surface area contributed by atoms with E-state index in [2.05, 4.69) is 15.5 Å². The van der Waals surface area contributed by atoms with Crippen molar-refractivity contribution in [3.8, 4) is 0 Å². The van der Waals surface area contributed by atoms with Gasteiger partial charge in [-0.05, 0) is 25.7 Å². The number of aryl methyl sites for hydroxylation is 1. The Morgan fingerprint density at radius 1 is 1.62 bits per heavy atom. The maximum absolute atomic E-state index is 12.2. The molecule has 7 nitrogen and oxygen atoms in total. The van der Waals surface area contributed by atoms with E-state index in [4.69, 9.17) is 0 Å². The number of carboxylic acids is 1. The van der Waals surface area contributed by atoms with E-state index in [1.165, 1.54) is 0 Å². The molecular formula is C14H20N4O3. The molecule has 0 bridgehead atoms. The van der Waals surface area contributed by atoms with Crippen LogP contribution in [0.1, 0.15) is 30.5 Å². The molecule has 2 aliphatic rings. The van der Waals surface area contributed by atoms with Crippen molar-refractivity contribution in [1.29, 1.82) is 0 Å². The molecule has 2 amide bonds. The van der Waals surface area contributed by atoms with Gasteiger partial charge >= 0.3 is 12.0 Å². The molecule has 1 aromatic heterocycles. The molecule has 0 radical (unpaired) electrons. The maximum Gasteiger partial charge on any atom is 0.317 e. The molecule has 0 aromatic carbocycles. The number of fused-ring (bicyclic) bond motifs is 1. The van der Waals surface area contributed by atoms with Crippen molar-refractivity contribution in [2.75, 3.05) is 13.1 Å². The number of aliphatic carboxylic acids is 1. The van der Waals surface area contributed by atoms with Crippen molar-refractivity contribution in [3.05, 3.63) is 17.5 Å². The number of hydrogen-bond donors (Lipinski definition) is 3. The maximum atomic E-state index is 12.2. The number of urea groups is 1. The van der Waals surface area contributed by atoms with Gasteiger partial charge in [0.15, 0.2) is 0 Å². The number of nitrogens with one attached hydrogen (secondary N) is 2. The Labute approximate surface area is 122 Å². The Kier molecular flexibility index (Phi) is 3.35. The van der Waals surface area contributed by atoms with E-state index in [1.807, 2.05) is 6.92 Å². The number of rotatable bonds is 3. The predicted molar refractivity (Wildman–Crippen MR) is 74.5 cm³/mol. The summed E-state index contributed by atoms with van der Waals surface area (Å²) in [4.78, 5) is 25.5. The minimum Gasteiger partial charge on any atom is -0.481 e. The van der Waals surface area contributed by atoms with Gasteiger partial charge in [0.2, 0.25) is 0 Å². The molecule has 3 rings (SSSR count). The average Bonchev–Trinajstić information content (AvgIpc) is 3.09. The second-order valence-corrected chi connectivity index (χ2v) is 6.11. The second kappa shape index (κ2) is 5.05. The van der Waals surface area contributed by atoms with E-state index < -0.39 is 11.4 Å². The van der Waals surface area contributed by atoms with Crippen LogP contribution in [-0.4, -0.2) is 45.3 Å². The number of H-pyrrole nitrogens is 1. The number of carbonyl (C=O) groups is 2. The lowest BCUT2D eigenvalue weighted by Gasteiger charge is -2.23. The molecule has 3 N–H and O–H groups in total. The Morgan fingerprint density at radius 3 is 3.05 bits per heavy atom. The fraction of sp³-hybridized carbons (Fsp3) is 0.643. The van der Waals surface area contributed by atoms with E-state index >= 15 is 0 Å². The highest BCUT2D eigenvalue weighted by atomic mass is 16.4. The van der Waals surface area contributed by atoms with Crippen LogP contribution in [0, 0.1) is 18.3 Å². The Balaban J connectivity index is 1.62. The summed E-state index contributed by atoms with van der Waals surface area (Å²) < 4.78 is 0. The Morgan fingerprint density at radius 2 is 2.43 bits per heavy atom. The SMILES string of the molecule is Cc1[nH]ncc1CNC(=O)N1C[C@@H]2CCC[C@@]2(C(=O)O)C1. The monoisotopic (exact) mass is 292 g/mol. The number of aromatic nitrogens is 2. The molecule has 114 valence electrons. The van der Waals surface area contributed by atoms with Crippen LogP contribution in [-0.2, 0) is 11.3 Å². The number of carbonyl (C=O) groups excluding carboxylic acids is 1. The zero-order chi connectivity index (χ0) is 15.0. The highest BCUT2D eigenvalue weighted by Gasteiger charge is 2.55. The van der Waals surface area contributed by atoms with E-state index in [-0.39, 0.29) is 11.9 Å². The van der Waals surface area contributed by atoms with Gasteiger partial charge in [0, 0.05) is 30.9 Å². The molecule has 1 saturated carbocycles. The summed E-state index contributed by atoms with van der Waals surface area (Å²) in [5.41, 5.74) is 1.15. The number of hydrogen-bond acceptors (Lipinski definition) is 3. The quantitative estimate of drug-likeness (QED) is 0.777. The smallest absolute Gasteiger partial charge is 0.317 e. The van der Waals surface area contributed by atoms with Gasteiger partial charge in [-0.2, -0.15) is 5.10 Å². The van der Waals surface area contributed by atoms with Gasteiger partial charge in [0.25, 0.3) is 0 Å². The minimum atomic E-state index is -0.758. The predicted octanol–water partition coefficient (Wildman–Crippen LogP) is 1.11. The van der Waals surface area contributed by atoms with Gasteiger partial charge in [-0.25, -0.2) is 4.79 Å². The molecule has 0 unspecified atom stereocenters. The molecule has 1 aromatic rings. The van der Waals surface area contributed by atoms with Crippen LogP contribution in [0.5, 0.6) is 0 Å². The summed E-state index contributed by atoms with van der Waals surface area (Å²) in [5, 5.41) is 19.1. The zero-order valence-electron chi connectivity index (χ0n) is 12.1. The number of likely N-dealkylation sites (tertiary alicyclic amines) is 1. The zero-order valence-corrected chi connectivity index (χ0v) is 12.1. The minimum absolute atomic E-state index is 0.0939. The van der Waals surface area contributed by atoms with E-state index in [0.29, 0.717) is 26.1 Å². The Bertz CT molecular complexity index is 570. The van der Waals surface area contributed by atoms with Gasteiger partial charge < -0.3 is 15.3 Å². The summed E-state index contributed by atoms with van der Waals surface area (Å²) in [6.45, 7) is 3.17. The van der Waals surface area contributed by atoms with Crippen molar-refractivity contribution in [3.63, 3.8) is 0 Å². The van der Waals surface area contributed by atoms with Crippen LogP contribution >= 0.6 is 0 Å². The van der Waals surface area contributed by atoms with Crippen LogP contribution in [0.2, 0.25) is 0 Å². The van der Waals surface area contributed by atoms with Crippen molar-refractivity contribution >= 4 is 12.0 Å². The van der Waals surface area contributed by atoms with E-state index in [9.17, 15) is 14.7 Å². The molecule has 2 heterocycles. The van der Waals surface area contributed by atoms with Crippen LogP contribution < -0.4 is 5.32 Å². The van der Waals surface area contributed by atoms with Gasteiger partial charge in [0.05, 0.1) is 11.6 Å². The first-order chi connectivity index (χ1) is 10.0. The molecule has 1 aliphatic carbocycles. The third-order valence-corrected chi connectivity index (χ3v) is 4.95. The van der Waals surface area contributed by atoms with Gasteiger partial charge in [-0.3, -0.25) is 9.89 Å². The number of nitrogens with zero attached hydrogens (tertiary/aromatic N) is 2. The lowest BCUT2D eigenvalue weighted by molar-refractivity contribution is -0.149. The third kappa shape index (κ3) is 2.26. The topological polar surface area (TPSA) is 98.3 Å². The van der Waals surface area contributed by atoms with Crippen LogP contribution in [0.3, 0.4) is 0 Å². The number of aromatic amines is 1. The van der Waals surface area contributed by atoms with Gasteiger partial charge in [-0.15, -0.1) is 0 Å². The largest absolute Gasteiger partial charge is 0.481 e. The van der Waals surface area contributed by atoms with Crippen LogP contribution in [0.15, 0.2) is 6.20 Å². The lowest BCUT2D eigenvalue weighted by atomic mass is 9.81. The molecular weight excluding hydrogens is 272 g/mol. The fourth-order valence-electron chi connectivity index (χ4n) is 3.63. The first-order valence-corrected chi connectivity index (χ1v) is 7.28. The summed E-state index contributed by atoms with van der Waals surface area (Å²) in [6.07, 6.45) is 4.21. The van der Waals surface area contributed by atoms with Crippen molar-refractivity contribution < 1.29 is 14.7 Å². The molecule has 2 atom stereocenters. The van der Waals surface area contributed by atoms with Crippen molar-refractivity contribution in [2.24, 2.45) is 11.3 Å². The van der Waals surface area contributed by atoms with Crippen molar-refractivity contribution in [1.82, 2.24) is 20.4 Å². The van der Waals surface area contributed by atoms with E-state index in [0.717, 1.165) is 24.1 Å². The molecule has 0 spiro atoms. The molecule has 1 aliphatic heterocycles. The highest BCUT2D eigenvalue weighted by molar-refractivity contribution is 5.80. The molecule has 1 saturated heterocycles. The van der Waals surface area contributed by atoms with E-state index in [1.54, 1.807) is 11.1 Å². The fourth-order valence-corrected chi connectivity index (χ4v) is 3.63. The normalized spacial score (nSPS) is 27.7. The van der Waals surface area contributed by atoms with Crippen LogP contribution in [0.4, 0.5) is 4.79 Å². The van der Waals surface area contributed by atoms with Gasteiger partial charge in [0.1, 0.15) is 0 Å². The number of amides is 2. The first kappa shape index (κ1) is 13.9. The Hall–Kier alpha value is -2.05.